The number of hydrogen-bond donors (Lipinski definition) is 0. The summed E-state index contributed by atoms with van der Waals surface area (Å²) in [6, 6.07) is 0. The van der Waals surface area contributed by atoms with E-state index in [2.05, 4.69) is 32.5 Å². The Morgan fingerprint density at radius 3 is 1.90 bits per heavy atom. The zero-order valence-corrected chi connectivity index (χ0v) is 28.5. The molecule has 2 saturated carbocycles. The summed E-state index contributed by atoms with van der Waals surface area (Å²) in [5.74, 6) is 4.03. The average Bonchev–Trinajstić information content (AvgIpc) is 3.07. The summed E-state index contributed by atoms with van der Waals surface area (Å²) in [5, 5.41) is 0. The fraction of sp³-hybridized carbons (Fsp3) is 0.900. The van der Waals surface area contributed by atoms with Crippen LogP contribution in [0, 0.1) is 34.5 Å². The van der Waals surface area contributed by atoms with Crippen molar-refractivity contribution in [3.8, 4) is 11.8 Å². The van der Waals surface area contributed by atoms with Crippen LogP contribution in [0.25, 0.3) is 0 Å². The van der Waals surface area contributed by atoms with E-state index in [1.807, 2.05) is 20.8 Å². The molecule has 2 fully saturated rings. The van der Waals surface area contributed by atoms with Crippen molar-refractivity contribution >= 4 is 22.4 Å². The Bertz CT molecular complexity index is 985. The minimum atomic E-state index is -5.76. The van der Waals surface area contributed by atoms with E-state index in [-0.39, 0.29) is 29.5 Å². The van der Waals surface area contributed by atoms with E-state index in [9.17, 15) is 31.1 Å². The van der Waals surface area contributed by atoms with Crippen molar-refractivity contribution in [3.05, 3.63) is 0 Å². The fourth-order valence-corrected chi connectivity index (χ4v) is 10.5. The molecular formula is C30H50F6O3Si2. The Morgan fingerprint density at radius 2 is 1.41 bits per heavy atom. The highest BCUT2D eigenvalue weighted by atomic mass is 28.4. The van der Waals surface area contributed by atoms with Crippen molar-refractivity contribution in [2.75, 3.05) is 0 Å². The summed E-state index contributed by atoms with van der Waals surface area (Å²) in [6.07, 6.45) is -6.24. The smallest absolute Gasteiger partial charge is 0.413 e. The first kappa shape index (κ1) is 36.4. The molecule has 11 heteroatoms. The van der Waals surface area contributed by atoms with E-state index in [1.165, 1.54) is 19.6 Å². The Balaban J connectivity index is 2.51. The molecule has 0 saturated heterocycles. The van der Waals surface area contributed by atoms with E-state index >= 15 is 0 Å². The first-order valence-corrected chi connectivity index (χ1v) is 21.6. The second-order valence-electron chi connectivity index (χ2n) is 15.4. The Labute approximate surface area is 245 Å². The molecule has 0 N–H and O–H groups in total. The minimum absolute atomic E-state index is 0.0522. The van der Waals surface area contributed by atoms with Crippen LogP contribution in [0.5, 0.6) is 0 Å². The van der Waals surface area contributed by atoms with E-state index < -0.39 is 45.6 Å². The molecule has 3 nitrogen and oxygen atoms in total. The molecule has 4 atom stereocenters. The zero-order valence-electron chi connectivity index (χ0n) is 26.5. The molecule has 41 heavy (non-hydrogen) atoms. The van der Waals surface area contributed by atoms with E-state index in [0.29, 0.717) is 38.5 Å². The van der Waals surface area contributed by atoms with Gasteiger partial charge in [0.15, 0.2) is 16.6 Å². The highest BCUT2D eigenvalue weighted by molar-refractivity contribution is 6.70. The zero-order chi connectivity index (χ0) is 31.9. The number of alkyl halides is 6. The maximum atomic E-state index is 14.1. The largest absolute Gasteiger partial charge is 0.437 e. The molecule has 0 amide bonds. The molecule has 0 spiro atoms. The standard InChI is InChI=1S/C30H50F6O3Si2/c1-25(2,38-40(5,6)7)17-12-18-26(3,24-16-15-22-23(37)14-11-20-27(22,24)4)19-13-21-28(29(31,32)33,30(34,35)36)39-41(8,9)10/h22,24H,11-12,14-20H2,1-10H3/t22-,24+,26+,27-/m0/s1. The monoisotopic (exact) mass is 628 g/mol. The van der Waals surface area contributed by atoms with Crippen LogP contribution in [0.1, 0.15) is 85.5 Å². The van der Waals surface area contributed by atoms with E-state index in [0.717, 1.165) is 12.8 Å². The highest BCUT2D eigenvalue weighted by Gasteiger charge is 2.73. The fourth-order valence-electron chi connectivity index (χ4n) is 7.53. The topological polar surface area (TPSA) is 35.5 Å². The van der Waals surface area contributed by atoms with Crippen molar-refractivity contribution in [3.63, 3.8) is 0 Å². The third-order valence-electron chi connectivity index (χ3n) is 8.83. The van der Waals surface area contributed by atoms with Crippen LogP contribution in [0.15, 0.2) is 0 Å². The van der Waals surface area contributed by atoms with Crippen LogP contribution in [-0.4, -0.2) is 46.0 Å². The maximum Gasteiger partial charge on any atom is 0.437 e. The van der Waals surface area contributed by atoms with Crippen molar-refractivity contribution in [1.82, 2.24) is 0 Å². The summed E-state index contributed by atoms with van der Waals surface area (Å²) >= 11 is 0. The molecule has 0 heterocycles. The van der Waals surface area contributed by atoms with Gasteiger partial charge in [-0.05, 0) is 114 Å². The molecule has 2 rings (SSSR count). The van der Waals surface area contributed by atoms with Crippen LogP contribution < -0.4 is 0 Å². The van der Waals surface area contributed by atoms with Gasteiger partial charge in [-0.15, -0.1) is 0 Å². The lowest BCUT2D eigenvalue weighted by Crippen LogP contribution is -2.61. The van der Waals surface area contributed by atoms with Gasteiger partial charge >= 0.3 is 18.0 Å². The first-order chi connectivity index (χ1) is 18.2. The summed E-state index contributed by atoms with van der Waals surface area (Å²) in [6.45, 7) is 18.2. The van der Waals surface area contributed by atoms with Crippen molar-refractivity contribution in [1.29, 1.82) is 0 Å². The molecule has 0 unspecified atom stereocenters. The van der Waals surface area contributed by atoms with Gasteiger partial charge in [0.05, 0.1) is 5.60 Å². The van der Waals surface area contributed by atoms with Gasteiger partial charge < -0.3 is 8.85 Å². The lowest BCUT2D eigenvalue weighted by Gasteiger charge is -2.48. The second kappa shape index (κ2) is 11.9. The summed E-state index contributed by atoms with van der Waals surface area (Å²) in [4.78, 5) is 12.8. The van der Waals surface area contributed by atoms with Gasteiger partial charge in [0.1, 0.15) is 5.78 Å². The molecule has 2 aliphatic carbocycles. The number of hydrogen-bond acceptors (Lipinski definition) is 3. The number of rotatable bonds is 10. The van der Waals surface area contributed by atoms with Gasteiger partial charge in [-0.1, -0.05) is 26.2 Å². The predicted octanol–water partition coefficient (Wildman–Crippen LogP) is 9.69. The lowest BCUT2D eigenvalue weighted by molar-refractivity contribution is -0.336. The number of halogens is 6. The summed E-state index contributed by atoms with van der Waals surface area (Å²) in [7, 11) is -5.17. The maximum absolute atomic E-state index is 14.1. The van der Waals surface area contributed by atoms with E-state index in [1.54, 1.807) is 5.92 Å². The molecule has 0 aromatic heterocycles. The molecule has 0 aromatic carbocycles. The third kappa shape index (κ3) is 8.63. The molecule has 0 radical (unpaired) electrons. The Kier molecular flexibility index (Phi) is 10.6. The van der Waals surface area contributed by atoms with Gasteiger partial charge in [0, 0.05) is 18.8 Å². The number of Topliss-reactive ketones (excluding diaryl/α,β-unsaturated/α-hetero) is 1. The summed E-state index contributed by atoms with van der Waals surface area (Å²) in [5.41, 5.74) is -5.99. The number of fused-ring (bicyclic) bond motifs is 1. The Morgan fingerprint density at radius 1 is 0.878 bits per heavy atom. The molecule has 0 aliphatic heterocycles. The molecular weight excluding hydrogens is 578 g/mol. The lowest BCUT2D eigenvalue weighted by atomic mass is 9.56. The van der Waals surface area contributed by atoms with Crippen molar-refractivity contribution in [2.24, 2.45) is 22.7 Å². The SMILES string of the molecule is CC(C)(CCC[C@](C)(CC#CC(O[Si](C)(C)C)(C(F)(F)F)C(F)(F)F)[C@H]1CC[C@H]2C(=O)CCC[C@]12C)O[Si](C)(C)C. The number of carbonyl (C=O) groups excluding carboxylic acids is 1. The van der Waals surface area contributed by atoms with E-state index in [4.69, 9.17) is 8.85 Å². The van der Waals surface area contributed by atoms with Crippen LogP contribution in [0.2, 0.25) is 39.3 Å². The average molecular weight is 629 g/mol. The van der Waals surface area contributed by atoms with Gasteiger partial charge in [0.2, 0.25) is 0 Å². The molecule has 2 aliphatic rings. The van der Waals surface area contributed by atoms with Crippen LogP contribution >= 0.6 is 0 Å². The van der Waals surface area contributed by atoms with Crippen LogP contribution in [0.3, 0.4) is 0 Å². The normalized spacial score (nSPS) is 26.3. The van der Waals surface area contributed by atoms with Crippen molar-refractivity contribution in [2.45, 2.75) is 148 Å². The predicted molar refractivity (Wildman–Crippen MR) is 155 cm³/mol. The van der Waals surface area contributed by atoms with Gasteiger partial charge in [-0.3, -0.25) is 4.79 Å². The molecule has 0 bridgehead atoms. The summed E-state index contributed by atoms with van der Waals surface area (Å²) < 4.78 is 96.0. The number of ketones is 1. The van der Waals surface area contributed by atoms with Gasteiger partial charge in [-0.25, -0.2) is 0 Å². The number of carbonyl (C=O) groups is 1. The molecule has 238 valence electrons. The van der Waals surface area contributed by atoms with Crippen LogP contribution in [0.4, 0.5) is 26.3 Å². The quantitative estimate of drug-likeness (QED) is 0.137. The van der Waals surface area contributed by atoms with Gasteiger partial charge in [0.25, 0.3) is 0 Å². The second-order valence-corrected chi connectivity index (χ2v) is 24.2. The van der Waals surface area contributed by atoms with Gasteiger partial charge in [-0.2, -0.15) is 26.3 Å². The third-order valence-corrected chi connectivity index (χ3v) is 10.9. The first-order valence-electron chi connectivity index (χ1n) is 14.7. The molecule has 0 aromatic rings. The van der Waals surface area contributed by atoms with Crippen molar-refractivity contribution < 1.29 is 40.0 Å². The Hall–Kier alpha value is -0.836. The van der Waals surface area contributed by atoms with Crippen LogP contribution in [-0.2, 0) is 13.6 Å². The highest BCUT2D eigenvalue weighted by Crippen LogP contribution is 2.61. The minimum Gasteiger partial charge on any atom is -0.413 e.